The Hall–Kier alpha value is -2.79. The lowest BCUT2D eigenvalue weighted by atomic mass is 10.2. The number of carbonyl (C=O) groups excluding carboxylic acids is 1. The van der Waals surface area contributed by atoms with Gasteiger partial charge in [-0.1, -0.05) is 24.6 Å². The van der Waals surface area contributed by atoms with E-state index in [1.165, 1.54) is 12.1 Å². The number of rotatable bonds is 4. The maximum Gasteiger partial charge on any atom is 0.276 e. The zero-order valence-corrected chi connectivity index (χ0v) is 15.9. The highest BCUT2D eigenvalue weighted by Gasteiger charge is 2.18. The fourth-order valence-electron chi connectivity index (χ4n) is 3.33. The van der Waals surface area contributed by atoms with Crippen LogP contribution in [-0.2, 0) is 0 Å². The summed E-state index contributed by atoms with van der Waals surface area (Å²) in [6, 6.07) is 17.0. The zero-order valence-electron chi connectivity index (χ0n) is 15.1. The molecule has 0 aliphatic carbocycles. The van der Waals surface area contributed by atoms with E-state index in [1.807, 2.05) is 24.3 Å². The van der Waals surface area contributed by atoms with Gasteiger partial charge in [-0.15, -0.1) is 0 Å². The molecule has 0 radical (unpaired) electrons. The standard InChI is InChI=1S/C21H21ClN4O/c1-15-9-11-25(14-15)18-7-5-17(6-8-18)23-21(27)20-10-12-26(24-20)19-4-2-3-16(22)13-19/h2-8,10,12-13,15H,9,11,14H2,1H3,(H,23,27). The number of anilines is 2. The lowest BCUT2D eigenvalue weighted by Gasteiger charge is -2.18. The SMILES string of the molecule is CC1CCN(c2ccc(NC(=O)c3ccn(-c4cccc(Cl)c4)n3)cc2)C1. The minimum absolute atomic E-state index is 0.238. The number of amides is 1. The van der Waals surface area contributed by atoms with Gasteiger partial charge in [-0.25, -0.2) is 4.68 Å². The number of nitrogens with one attached hydrogen (secondary N) is 1. The predicted molar refractivity (Wildman–Crippen MR) is 109 cm³/mol. The molecule has 6 heteroatoms. The van der Waals surface area contributed by atoms with Crippen LogP contribution in [0.5, 0.6) is 0 Å². The van der Waals surface area contributed by atoms with Crippen LogP contribution in [0.1, 0.15) is 23.8 Å². The molecule has 1 N–H and O–H groups in total. The molecule has 2 heterocycles. The first-order chi connectivity index (χ1) is 13.1. The van der Waals surface area contributed by atoms with Crippen LogP contribution in [0.15, 0.2) is 60.8 Å². The van der Waals surface area contributed by atoms with Crippen molar-refractivity contribution in [2.75, 3.05) is 23.3 Å². The summed E-state index contributed by atoms with van der Waals surface area (Å²) in [5.74, 6) is 0.498. The first-order valence-corrected chi connectivity index (χ1v) is 9.44. The van der Waals surface area contributed by atoms with E-state index in [4.69, 9.17) is 11.6 Å². The number of nitrogens with zero attached hydrogens (tertiary/aromatic N) is 3. The molecule has 1 aromatic heterocycles. The Morgan fingerprint density at radius 1 is 1.15 bits per heavy atom. The molecule has 27 heavy (non-hydrogen) atoms. The summed E-state index contributed by atoms with van der Waals surface area (Å²) in [5, 5.41) is 7.87. The molecule has 5 nitrogen and oxygen atoms in total. The van der Waals surface area contributed by atoms with Gasteiger partial charge in [0.2, 0.25) is 0 Å². The molecule has 1 unspecified atom stereocenters. The van der Waals surface area contributed by atoms with E-state index in [1.54, 1.807) is 29.1 Å². The Kier molecular flexibility index (Phi) is 4.86. The molecule has 1 aliphatic heterocycles. The second-order valence-corrected chi connectivity index (χ2v) is 7.40. The number of aromatic nitrogens is 2. The lowest BCUT2D eigenvalue weighted by molar-refractivity contribution is 0.102. The maximum absolute atomic E-state index is 12.5. The normalized spacial score (nSPS) is 16.5. The third-order valence-electron chi connectivity index (χ3n) is 4.81. The molecule has 2 aromatic carbocycles. The van der Waals surface area contributed by atoms with E-state index in [-0.39, 0.29) is 5.91 Å². The van der Waals surface area contributed by atoms with E-state index >= 15 is 0 Å². The summed E-state index contributed by atoms with van der Waals surface area (Å²) < 4.78 is 1.64. The molecule has 1 aliphatic rings. The highest BCUT2D eigenvalue weighted by molar-refractivity contribution is 6.30. The Labute approximate surface area is 163 Å². The summed E-state index contributed by atoms with van der Waals surface area (Å²) in [4.78, 5) is 14.9. The Bertz CT molecular complexity index is 951. The summed E-state index contributed by atoms with van der Waals surface area (Å²) in [5.41, 5.74) is 3.12. The molecule has 0 spiro atoms. The third-order valence-corrected chi connectivity index (χ3v) is 5.04. The van der Waals surface area contributed by atoms with Gasteiger partial charge in [0.1, 0.15) is 0 Å². The third kappa shape index (κ3) is 3.98. The largest absolute Gasteiger partial charge is 0.371 e. The average Bonchev–Trinajstić information content (AvgIpc) is 3.32. The minimum Gasteiger partial charge on any atom is -0.371 e. The topological polar surface area (TPSA) is 50.2 Å². The van der Waals surface area contributed by atoms with E-state index < -0.39 is 0 Å². The summed E-state index contributed by atoms with van der Waals surface area (Å²) in [6.45, 7) is 4.46. The van der Waals surface area contributed by atoms with Gasteiger partial charge < -0.3 is 10.2 Å². The smallest absolute Gasteiger partial charge is 0.276 e. The Balaban J connectivity index is 1.43. The fourth-order valence-corrected chi connectivity index (χ4v) is 3.51. The van der Waals surface area contributed by atoms with Crippen molar-refractivity contribution in [3.8, 4) is 5.69 Å². The van der Waals surface area contributed by atoms with Gasteiger partial charge in [0, 0.05) is 35.7 Å². The molecule has 0 bridgehead atoms. The lowest BCUT2D eigenvalue weighted by Crippen LogP contribution is -2.19. The van der Waals surface area contributed by atoms with Crippen molar-refractivity contribution in [2.24, 2.45) is 5.92 Å². The molecule has 138 valence electrons. The van der Waals surface area contributed by atoms with Crippen LogP contribution in [0.3, 0.4) is 0 Å². The number of halogens is 1. The molecule has 3 aromatic rings. The number of benzene rings is 2. The summed E-state index contributed by atoms with van der Waals surface area (Å²) in [6.07, 6.45) is 2.98. The highest BCUT2D eigenvalue weighted by atomic mass is 35.5. The van der Waals surface area contributed by atoms with E-state index in [2.05, 4.69) is 34.4 Å². The van der Waals surface area contributed by atoms with Gasteiger partial charge in [0.25, 0.3) is 5.91 Å². The fraction of sp³-hybridized carbons (Fsp3) is 0.238. The van der Waals surface area contributed by atoms with Gasteiger partial charge in [-0.2, -0.15) is 5.10 Å². The van der Waals surface area contributed by atoms with E-state index in [0.29, 0.717) is 10.7 Å². The Morgan fingerprint density at radius 2 is 1.96 bits per heavy atom. The first kappa shape index (κ1) is 17.6. The van der Waals surface area contributed by atoms with Crippen LogP contribution in [0.2, 0.25) is 5.02 Å². The van der Waals surface area contributed by atoms with Gasteiger partial charge in [-0.3, -0.25) is 4.79 Å². The zero-order chi connectivity index (χ0) is 18.8. The number of carbonyl (C=O) groups is 1. The molecular formula is C21H21ClN4O. The second-order valence-electron chi connectivity index (χ2n) is 6.97. The van der Waals surface area contributed by atoms with Crippen molar-refractivity contribution in [3.05, 3.63) is 71.5 Å². The summed E-state index contributed by atoms with van der Waals surface area (Å²) >= 11 is 6.02. The van der Waals surface area contributed by atoms with Gasteiger partial charge in [-0.05, 0) is 60.9 Å². The van der Waals surface area contributed by atoms with Crippen molar-refractivity contribution >= 4 is 28.9 Å². The van der Waals surface area contributed by atoms with Crippen LogP contribution in [0.4, 0.5) is 11.4 Å². The van der Waals surface area contributed by atoms with Crippen LogP contribution in [0.25, 0.3) is 5.69 Å². The van der Waals surface area contributed by atoms with E-state index in [0.717, 1.165) is 30.4 Å². The molecule has 1 saturated heterocycles. The average molecular weight is 381 g/mol. The predicted octanol–water partition coefficient (Wildman–Crippen LogP) is 4.62. The molecular weight excluding hydrogens is 360 g/mol. The summed E-state index contributed by atoms with van der Waals surface area (Å²) in [7, 11) is 0. The minimum atomic E-state index is -0.238. The van der Waals surface area contributed by atoms with Crippen molar-refractivity contribution in [1.29, 1.82) is 0 Å². The highest BCUT2D eigenvalue weighted by Crippen LogP contribution is 2.25. The molecule has 4 rings (SSSR count). The molecule has 1 atom stereocenters. The van der Waals surface area contributed by atoms with Gasteiger partial charge >= 0.3 is 0 Å². The maximum atomic E-state index is 12.5. The molecule has 1 amide bonds. The number of hydrogen-bond donors (Lipinski definition) is 1. The van der Waals surface area contributed by atoms with Gasteiger partial charge in [0.15, 0.2) is 5.69 Å². The second kappa shape index (κ2) is 7.45. The van der Waals surface area contributed by atoms with Crippen LogP contribution >= 0.6 is 11.6 Å². The van der Waals surface area contributed by atoms with Crippen molar-refractivity contribution < 1.29 is 4.79 Å². The molecule has 0 saturated carbocycles. The molecule has 1 fully saturated rings. The first-order valence-electron chi connectivity index (χ1n) is 9.06. The monoisotopic (exact) mass is 380 g/mol. The van der Waals surface area contributed by atoms with Gasteiger partial charge in [0.05, 0.1) is 5.69 Å². The van der Waals surface area contributed by atoms with Crippen LogP contribution < -0.4 is 10.2 Å². The van der Waals surface area contributed by atoms with Crippen molar-refractivity contribution in [3.63, 3.8) is 0 Å². The van der Waals surface area contributed by atoms with Crippen LogP contribution in [0, 0.1) is 5.92 Å². The number of hydrogen-bond acceptors (Lipinski definition) is 3. The quantitative estimate of drug-likeness (QED) is 0.718. The Morgan fingerprint density at radius 3 is 2.67 bits per heavy atom. The van der Waals surface area contributed by atoms with Crippen molar-refractivity contribution in [2.45, 2.75) is 13.3 Å². The van der Waals surface area contributed by atoms with E-state index in [9.17, 15) is 4.79 Å². The van der Waals surface area contributed by atoms with Crippen molar-refractivity contribution in [1.82, 2.24) is 9.78 Å². The van der Waals surface area contributed by atoms with Crippen LogP contribution in [-0.4, -0.2) is 28.8 Å².